The summed E-state index contributed by atoms with van der Waals surface area (Å²) < 4.78 is 0. The number of hydrogen-bond donors (Lipinski definition) is 3. The highest BCUT2D eigenvalue weighted by molar-refractivity contribution is 6.35. The molecule has 2 rings (SSSR count). The molecular formula is C10H11ClN2O. The third-order valence-electron chi connectivity index (χ3n) is 2.26. The number of aliphatic hydroxyl groups is 1. The minimum absolute atomic E-state index is 0.0771. The van der Waals surface area contributed by atoms with Crippen molar-refractivity contribution >= 4 is 22.5 Å². The molecule has 1 aromatic carbocycles. The zero-order valence-electron chi connectivity index (χ0n) is 7.50. The Balaban J connectivity index is 2.58. The number of H-pyrrole nitrogens is 1. The van der Waals surface area contributed by atoms with Gasteiger partial charge in [0.25, 0.3) is 0 Å². The number of benzene rings is 1. The number of aliphatic hydroxyl groups excluding tert-OH is 1. The van der Waals surface area contributed by atoms with Crippen LogP contribution in [0.5, 0.6) is 0 Å². The molecule has 0 saturated carbocycles. The second-order valence-electron chi connectivity index (χ2n) is 3.23. The lowest BCUT2D eigenvalue weighted by molar-refractivity contribution is 0.268. The third-order valence-corrected chi connectivity index (χ3v) is 2.56. The van der Waals surface area contributed by atoms with E-state index in [0.29, 0.717) is 5.02 Å². The molecule has 1 unspecified atom stereocenters. The SMILES string of the molecule is NC(CO)c1cc(Cl)c2[nH]ccc2c1. The number of nitrogens with one attached hydrogen (secondary N) is 1. The molecule has 2 aromatic rings. The lowest BCUT2D eigenvalue weighted by atomic mass is 10.1. The third kappa shape index (κ3) is 1.50. The Morgan fingerprint density at radius 1 is 1.50 bits per heavy atom. The lowest BCUT2D eigenvalue weighted by Gasteiger charge is -2.09. The van der Waals surface area contributed by atoms with E-state index in [1.54, 1.807) is 6.07 Å². The van der Waals surface area contributed by atoms with E-state index >= 15 is 0 Å². The zero-order valence-corrected chi connectivity index (χ0v) is 8.25. The molecule has 0 aliphatic carbocycles. The topological polar surface area (TPSA) is 62.0 Å². The second kappa shape index (κ2) is 3.61. The number of fused-ring (bicyclic) bond motifs is 1. The smallest absolute Gasteiger partial charge is 0.0650 e. The Hall–Kier alpha value is -1.03. The standard InChI is InChI=1S/C10H11ClN2O/c11-8-4-7(9(12)5-14)3-6-1-2-13-10(6)8/h1-4,9,13-14H,5,12H2. The van der Waals surface area contributed by atoms with Crippen LogP contribution in [0.1, 0.15) is 11.6 Å². The molecule has 3 nitrogen and oxygen atoms in total. The minimum atomic E-state index is -0.369. The molecule has 0 saturated heterocycles. The fourth-order valence-electron chi connectivity index (χ4n) is 1.47. The largest absolute Gasteiger partial charge is 0.394 e. The number of nitrogens with two attached hydrogens (primary N) is 1. The van der Waals surface area contributed by atoms with Crippen molar-refractivity contribution < 1.29 is 5.11 Å². The Kier molecular flexibility index (Phi) is 2.46. The molecular weight excluding hydrogens is 200 g/mol. The molecule has 1 atom stereocenters. The van der Waals surface area contributed by atoms with Crippen LogP contribution in [0.25, 0.3) is 10.9 Å². The number of aromatic amines is 1. The first kappa shape index (κ1) is 9.52. The van der Waals surface area contributed by atoms with E-state index in [1.165, 1.54) is 0 Å². The van der Waals surface area contributed by atoms with Crippen LogP contribution in [0.3, 0.4) is 0 Å². The maximum atomic E-state index is 8.93. The highest BCUT2D eigenvalue weighted by Gasteiger charge is 2.08. The van der Waals surface area contributed by atoms with Gasteiger partial charge in [-0.25, -0.2) is 0 Å². The molecule has 14 heavy (non-hydrogen) atoms. The van der Waals surface area contributed by atoms with Crippen molar-refractivity contribution in [2.45, 2.75) is 6.04 Å². The number of halogens is 1. The molecule has 74 valence electrons. The summed E-state index contributed by atoms with van der Waals surface area (Å²) in [5.74, 6) is 0. The predicted molar refractivity (Wildman–Crippen MR) is 57.3 cm³/mol. The summed E-state index contributed by atoms with van der Waals surface area (Å²) >= 11 is 6.04. The van der Waals surface area contributed by atoms with Crippen molar-refractivity contribution in [3.05, 3.63) is 35.0 Å². The summed E-state index contributed by atoms with van der Waals surface area (Å²) in [6, 6.07) is 5.26. The molecule has 0 aliphatic rings. The summed E-state index contributed by atoms with van der Waals surface area (Å²) in [5.41, 5.74) is 7.46. The average Bonchev–Trinajstić information content (AvgIpc) is 2.64. The zero-order chi connectivity index (χ0) is 10.1. The van der Waals surface area contributed by atoms with Crippen molar-refractivity contribution in [3.8, 4) is 0 Å². The first-order chi connectivity index (χ1) is 6.72. The Labute approximate surface area is 86.5 Å². The lowest BCUT2D eigenvalue weighted by Crippen LogP contribution is -2.14. The van der Waals surface area contributed by atoms with E-state index < -0.39 is 0 Å². The maximum absolute atomic E-state index is 8.93. The Bertz CT molecular complexity index is 452. The first-order valence-corrected chi connectivity index (χ1v) is 4.73. The van der Waals surface area contributed by atoms with E-state index in [4.69, 9.17) is 22.4 Å². The fraction of sp³-hybridized carbons (Fsp3) is 0.200. The minimum Gasteiger partial charge on any atom is -0.394 e. The van der Waals surface area contributed by atoms with Crippen molar-refractivity contribution in [2.24, 2.45) is 5.73 Å². The molecule has 1 heterocycles. The fourth-order valence-corrected chi connectivity index (χ4v) is 1.76. The number of rotatable bonds is 2. The van der Waals surface area contributed by atoms with E-state index in [0.717, 1.165) is 16.5 Å². The van der Waals surface area contributed by atoms with Crippen LogP contribution in [0, 0.1) is 0 Å². The Morgan fingerprint density at radius 3 is 3.00 bits per heavy atom. The van der Waals surface area contributed by atoms with E-state index in [-0.39, 0.29) is 12.6 Å². The van der Waals surface area contributed by atoms with Crippen LogP contribution >= 0.6 is 11.6 Å². The maximum Gasteiger partial charge on any atom is 0.0650 e. The molecule has 0 bridgehead atoms. The summed E-state index contributed by atoms with van der Waals surface area (Å²) in [4.78, 5) is 3.04. The van der Waals surface area contributed by atoms with Gasteiger partial charge < -0.3 is 15.8 Å². The molecule has 4 heteroatoms. The predicted octanol–water partition coefficient (Wildman–Crippen LogP) is 1.81. The van der Waals surface area contributed by atoms with Gasteiger partial charge in [0.05, 0.1) is 23.2 Å². The molecule has 4 N–H and O–H groups in total. The summed E-state index contributed by atoms with van der Waals surface area (Å²) in [7, 11) is 0. The molecule has 0 radical (unpaired) electrons. The van der Waals surface area contributed by atoms with Gasteiger partial charge in [0.15, 0.2) is 0 Å². The molecule has 0 amide bonds. The van der Waals surface area contributed by atoms with Gasteiger partial charge in [-0.1, -0.05) is 11.6 Å². The first-order valence-electron chi connectivity index (χ1n) is 4.35. The van der Waals surface area contributed by atoms with Crippen molar-refractivity contribution in [2.75, 3.05) is 6.61 Å². The molecule has 1 aromatic heterocycles. The van der Waals surface area contributed by atoms with E-state index in [2.05, 4.69) is 4.98 Å². The van der Waals surface area contributed by atoms with Crippen LogP contribution in [-0.2, 0) is 0 Å². The summed E-state index contributed by atoms with van der Waals surface area (Å²) in [5, 5.41) is 10.6. The van der Waals surface area contributed by atoms with Crippen LogP contribution in [0.2, 0.25) is 5.02 Å². The van der Waals surface area contributed by atoms with Crippen molar-refractivity contribution in [1.82, 2.24) is 4.98 Å². The molecule has 0 fully saturated rings. The van der Waals surface area contributed by atoms with E-state index in [9.17, 15) is 0 Å². The monoisotopic (exact) mass is 210 g/mol. The van der Waals surface area contributed by atoms with Crippen molar-refractivity contribution in [3.63, 3.8) is 0 Å². The highest BCUT2D eigenvalue weighted by Crippen LogP contribution is 2.26. The normalized spacial score (nSPS) is 13.4. The Morgan fingerprint density at radius 2 is 2.29 bits per heavy atom. The van der Waals surface area contributed by atoms with Crippen molar-refractivity contribution in [1.29, 1.82) is 0 Å². The highest BCUT2D eigenvalue weighted by atomic mass is 35.5. The summed E-state index contributed by atoms with van der Waals surface area (Å²) in [6.07, 6.45) is 1.82. The van der Waals surface area contributed by atoms with Crippen LogP contribution < -0.4 is 5.73 Å². The van der Waals surface area contributed by atoms with Gasteiger partial charge in [-0.3, -0.25) is 0 Å². The second-order valence-corrected chi connectivity index (χ2v) is 3.64. The van der Waals surface area contributed by atoms with Gasteiger partial charge in [0.2, 0.25) is 0 Å². The van der Waals surface area contributed by atoms with Gasteiger partial charge >= 0.3 is 0 Å². The average molecular weight is 211 g/mol. The van der Waals surface area contributed by atoms with E-state index in [1.807, 2.05) is 18.3 Å². The summed E-state index contributed by atoms with van der Waals surface area (Å²) in [6.45, 7) is -0.0771. The van der Waals surface area contributed by atoms with Crippen LogP contribution in [0.4, 0.5) is 0 Å². The van der Waals surface area contributed by atoms with Crippen LogP contribution in [0.15, 0.2) is 24.4 Å². The van der Waals surface area contributed by atoms with Gasteiger partial charge in [-0.15, -0.1) is 0 Å². The number of hydrogen-bond acceptors (Lipinski definition) is 2. The van der Waals surface area contributed by atoms with Crippen LogP contribution in [-0.4, -0.2) is 16.7 Å². The quantitative estimate of drug-likeness (QED) is 0.708. The molecule has 0 aliphatic heterocycles. The van der Waals surface area contributed by atoms with Gasteiger partial charge in [-0.2, -0.15) is 0 Å². The van der Waals surface area contributed by atoms with Gasteiger partial charge in [0, 0.05) is 11.6 Å². The number of aromatic nitrogens is 1. The molecule has 0 spiro atoms. The van der Waals surface area contributed by atoms with Gasteiger partial charge in [0.1, 0.15) is 0 Å². The van der Waals surface area contributed by atoms with Gasteiger partial charge in [-0.05, 0) is 23.8 Å².